The first kappa shape index (κ1) is 16.2. The van der Waals surface area contributed by atoms with Crippen LogP contribution in [-0.4, -0.2) is 34.4 Å². The number of fused-ring (bicyclic) bond motifs is 1. The minimum Gasteiger partial charge on any atom is -0.385 e. The topological polar surface area (TPSA) is 96.4 Å². The Morgan fingerprint density at radius 2 is 2.12 bits per heavy atom. The highest BCUT2D eigenvalue weighted by Crippen LogP contribution is 2.28. The highest BCUT2D eigenvalue weighted by molar-refractivity contribution is 5.97. The van der Waals surface area contributed by atoms with Crippen molar-refractivity contribution in [1.29, 1.82) is 0 Å². The molecular formula is C20H19N5O. The van der Waals surface area contributed by atoms with Crippen LogP contribution >= 0.6 is 0 Å². The molecule has 0 spiro atoms. The molecule has 1 aliphatic heterocycles. The van der Waals surface area contributed by atoms with Crippen LogP contribution in [-0.2, 0) is 0 Å². The molecule has 6 nitrogen and oxygen atoms in total. The molecule has 0 aliphatic carbocycles. The number of nitrogen functional groups attached to an aromatic ring is 1. The van der Waals surface area contributed by atoms with Crippen LogP contribution in [0.3, 0.4) is 0 Å². The zero-order chi connectivity index (χ0) is 17.9. The molecule has 4 N–H and O–H groups in total. The van der Waals surface area contributed by atoms with Crippen LogP contribution in [0.4, 0.5) is 11.5 Å². The summed E-state index contributed by atoms with van der Waals surface area (Å²) >= 11 is 0. The number of nitrogens with zero attached hydrogens (tertiary/aromatic N) is 3. The van der Waals surface area contributed by atoms with Crippen molar-refractivity contribution in [2.75, 3.05) is 24.1 Å². The second-order valence-electron chi connectivity index (χ2n) is 6.16. The van der Waals surface area contributed by atoms with Gasteiger partial charge in [0.15, 0.2) is 0 Å². The van der Waals surface area contributed by atoms with Crippen molar-refractivity contribution in [3.8, 4) is 0 Å². The SMILES string of the molecule is Nc1cc(NCC(O)c2ccccn2)c2ccc(C3=CC=NC3)cc2n1. The molecule has 6 heteroatoms. The number of aliphatic hydroxyl groups excluding tert-OH is 1. The molecule has 3 aromatic rings. The Labute approximate surface area is 151 Å². The van der Waals surface area contributed by atoms with E-state index >= 15 is 0 Å². The average Bonchev–Trinajstić information content (AvgIpc) is 3.20. The maximum atomic E-state index is 10.3. The summed E-state index contributed by atoms with van der Waals surface area (Å²) < 4.78 is 0. The first-order valence-corrected chi connectivity index (χ1v) is 8.43. The van der Waals surface area contributed by atoms with Crippen LogP contribution in [0.25, 0.3) is 16.5 Å². The van der Waals surface area contributed by atoms with Gasteiger partial charge in [0.05, 0.1) is 17.8 Å². The van der Waals surface area contributed by atoms with Gasteiger partial charge in [-0.1, -0.05) is 18.2 Å². The molecule has 1 aromatic carbocycles. The Hall–Kier alpha value is -3.25. The maximum Gasteiger partial charge on any atom is 0.126 e. The summed E-state index contributed by atoms with van der Waals surface area (Å²) in [6, 6.07) is 13.4. The number of anilines is 2. The van der Waals surface area contributed by atoms with Gasteiger partial charge < -0.3 is 16.2 Å². The van der Waals surface area contributed by atoms with E-state index in [1.54, 1.807) is 18.3 Å². The molecule has 3 heterocycles. The highest BCUT2D eigenvalue weighted by Gasteiger charge is 2.12. The van der Waals surface area contributed by atoms with E-state index in [0.717, 1.165) is 27.7 Å². The van der Waals surface area contributed by atoms with E-state index in [-0.39, 0.29) is 0 Å². The standard InChI is InChI=1S/C20H19N5O/c21-20-10-17(24-12-19(26)16-3-1-2-7-23-16)15-5-4-13(9-18(15)25-20)14-6-8-22-11-14/h1-10,19,26H,11-12H2,(H3,21,24,25). The third-order valence-electron chi connectivity index (χ3n) is 4.36. The number of benzene rings is 1. The quantitative estimate of drug-likeness (QED) is 0.661. The molecule has 0 radical (unpaired) electrons. The summed E-state index contributed by atoms with van der Waals surface area (Å²) in [6.07, 6.45) is 4.79. The summed E-state index contributed by atoms with van der Waals surface area (Å²) in [6.45, 7) is 1.02. The molecule has 1 unspecified atom stereocenters. The molecule has 0 fully saturated rings. The molecule has 0 bridgehead atoms. The second kappa shape index (κ2) is 6.93. The number of aliphatic imine (C=N–C) groups is 1. The zero-order valence-electron chi connectivity index (χ0n) is 14.1. The Bertz CT molecular complexity index is 998. The molecule has 4 rings (SSSR count). The predicted molar refractivity (Wildman–Crippen MR) is 105 cm³/mol. The first-order valence-electron chi connectivity index (χ1n) is 8.43. The number of nitrogens with two attached hydrogens (primary N) is 1. The van der Waals surface area contributed by atoms with Crippen LogP contribution in [0.2, 0.25) is 0 Å². The lowest BCUT2D eigenvalue weighted by atomic mass is 10.0. The molecule has 1 atom stereocenters. The summed E-state index contributed by atoms with van der Waals surface area (Å²) in [5.74, 6) is 0.432. The van der Waals surface area contributed by atoms with E-state index in [1.165, 1.54) is 0 Å². The summed E-state index contributed by atoms with van der Waals surface area (Å²) in [5.41, 5.74) is 10.5. The van der Waals surface area contributed by atoms with Gasteiger partial charge in [-0.2, -0.15) is 0 Å². The smallest absolute Gasteiger partial charge is 0.126 e. The van der Waals surface area contributed by atoms with Gasteiger partial charge in [-0.15, -0.1) is 0 Å². The van der Waals surface area contributed by atoms with Gasteiger partial charge in [0.1, 0.15) is 11.9 Å². The largest absolute Gasteiger partial charge is 0.385 e. The number of aromatic nitrogens is 2. The van der Waals surface area contributed by atoms with E-state index in [9.17, 15) is 5.11 Å². The zero-order valence-corrected chi connectivity index (χ0v) is 14.1. The van der Waals surface area contributed by atoms with E-state index in [0.29, 0.717) is 24.6 Å². The number of allylic oxidation sites excluding steroid dienone is 1. The number of pyridine rings is 2. The fourth-order valence-corrected chi connectivity index (χ4v) is 3.01. The molecule has 0 saturated heterocycles. The van der Waals surface area contributed by atoms with Crippen molar-refractivity contribution in [3.63, 3.8) is 0 Å². The Morgan fingerprint density at radius 1 is 1.19 bits per heavy atom. The van der Waals surface area contributed by atoms with E-state index in [1.807, 2.05) is 36.6 Å². The number of nitrogens with one attached hydrogen (secondary N) is 1. The minimum atomic E-state index is -0.708. The highest BCUT2D eigenvalue weighted by atomic mass is 16.3. The molecule has 1 aliphatic rings. The van der Waals surface area contributed by atoms with Crippen molar-refractivity contribution < 1.29 is 5.11 Å². The van der Waals surface area contributed by atoms with Crippen LogP contribution in [0.5, 0.6) is 0 Å². The lowest BCUT2D eigenvalue weighted by Gasteiger charge is -2.15. The lowest BCUT2D eigenvalue weighted by Crippen LogP contribution is -2.13. The molecular weight excluding hydrogens is 326 g/mol. The molecule has 26 heavy (non-hydrogen) atoms. The summed E-state index contributed by atoms with van der Waals surface area (Å²) in [7, 11) is 0. The van der Waals surface area contributed by atoms with Crippen molar-refractivity contribution in [2.45, 2.75) is 6.10 Å². The van der Waals surface area contributed by atoms with Gasteiger partial charge in [0.25, 0.3) is 0 Å². The van der Waals surface area contributed by atoms with E-state index < -0.39 is 6.10 Å². The Kier molecular flexibility index (Phi) is 4.33. The van der Waals surface area contributed by atoms with Crippen molar-refractivity contribution in [2.24, 2.45) is 4.99 Å². The Morgan fingerprint density at radius 3 is 2.88 bits per heavy atom. The van der Waals surface area contributed by atoms with Gasteiger partial charge in [-0.3, -0.25) is 9.98 Å². The average molecular weight is 345 g/mol. The first-order chi connectivity index (χ1) is 12.7. The molecule has 2 aromatic heterocycles. The van der Waals surface area contributed by atoms with Crippen LogP contribution in [0.15, 0.2) is 59.7 Å². The molecule has 0 saturated carbocycles. The van der Waals surface area contributed by atoms with E-state index in [2.05, 4.69) is 26.3 Å². The number of rotatable bonds is 5. The number of hydrogen-bond acceptors (Lipinski definition) is 6. The van der Waals surface area contributed by atoms with Gasteiger partial charge >= 0.3 is 0 Å². The third kappa shape index (κ3) is 3.27. The van der Waals surface area contributed by atoms with E-state index in [4.69, 9.17) is 5.73 Å². The molecule has 130 valence electrons. The maximum absolute atomic E-state index is 10.3. The van der Waals surface area contributed by atoms with Gasteiger partial charge in [0.2, 0.25) is 0 Å². The normalized spacial score (nSPS) is 14.4. The van der Waals surface area contributed by atoms with Gasteiger partial charge in [-0.25, -0.2) is 4.98 Å². The second-order valence-corrected chi connectivity index (χ2v) is 6.16. The lowest BCUT2D eigenvalue weighted by molar-refractivity contribution is 0.187. The van der Waals surface area contributed by atoms with Crippen LogP contribution in [0, 0.1) is 0 Å². The monoisotopic (exact) mass is 345 g/mol. The van der Waals surface area contributed by atoms with Crippen molar-refractivity contribution in [1.82, 2.24) is 9.97 Å². The summed E-state index contributed by atoms with van der Waals surface area (Å²) in [5, 5.41) is 14.5. The number of hydrogen-bond donors (Lipinski definition) is 3. The van der Waals surface area contributed by atoms with Crippen LogP contribution < -0.4 is 11.1 Å². The fraction of sp³-hybridized carbons (Fsp3) is 0.150. The van der Waals surface area contributed by atoms with Gasteiger partial charge in [0, 0.05) is 36.1 Å². The van der Waals surface area contributed by atoms with Crippen LogP contribution in [0.1, 0.15) is 17.4 Å². The minimum absolute atomic E-state index is 0.330. The Balaban J connectivity index is 1.60. The summed E-state index contributed by atoms with van der Waals surface area (Å²) in [4.78, 5) is 12.9. The van der Waals surface area contributed by atoms with Gasteiger partial charge in [-0.05, 0) is 35.4 Å². The van der Waals surface area contributed by atoms with Crippen molar-refractivity contribution in [3.05, 3.63) is 66.0 Å². The molecule has 0 amide bonds. The predicted octanol–water partition coefficient (Wildman–Crippen LogP) is 2.83. The number of aliphatic hydroxyl groups is 1. The van der Waals surface area contributed by atoms with Crippen molar-refractivity contribution >= 4 is 34.2 Å². The fourth-order valence-electron chi connectivity index (χ4n) is 3.01. The third-order valence-corrected chi connectivity index (χ3v) is 4.36.